The summed E-state index contributed by atoms with van der Waals surface area (Å²) in [5, 5.41) is 2.99. The molecule has 0 atom stereocenters. The summed E-state index contributed by atoms with van der Waals surface area (Å²) in [7, 11) is -3.36. The zero-order valence-corrected chi connectivity index (χ0v) is 13.1. The summed E-state index contributed by atoms with van der Waals surface area (Å²) in [6.07, 6.45) is 4.12. The molecule has 0 bridgehead atoms. The maximum Gasteiger partial charge on any atom is 0.252 e. The van der Waals surface area contributed by atoms with Gasteiger partial charge in [-0.05, 0) is 24.6 Å². The Hall–Kier alpha value is -1.27. The van der Waals surface area contributed by atoms with Crippen LogP contribution in [-0.4, -0.2) is 27.1 Å². The van der Waals surface area contributed by atoms with Gasteiger partial charge in [-0.1, -0.05) is 31.4 Å². The van der Waals surface area contributed by atoms with E-state index in [4.69, 9.17) is 11.6 Å². The van der Waals surface area contributed by atoms with E-state index in [2.05, 4.69) is 17.0 Å². The first kappa shape index (κ1) is 16.8. The summed E-state index contributed by atoms with van der Waals surface area (Å²) in [4.78, 5) is 11.9. The number of nitrogens with one attached hydrogen (secondary N) is 2. The van der Waals surface area contributed by atoms with Crippen LogP contribution in [0, 0.1) is 0 Å². The molecule has 0 fully saturated rings. The molecule has 0 heterocycles. The van der Waals surface area contributed by atoms with Crippen LogP contribution in [0.25, 0.3) is 0 Å². The second-order valence-electron chi connectivity index (χ2n) is 4.53. The lowest BCUT2D eigenvalue weighted by atomic mass is 10.2. The normalized spacial score (nSPS) is 11.2. The smallest absolute Gasteiger partial charge is 0.252 e. The maximum atomic E-state index is 11.9. The SMILES string of the molecule is CCCCCNC(=O)c1ccc(NS(C)(=O)=O)cc1Cl. The van der Waals surface area contributed by atoms with E-state index in [1.807, 2.05) is 0 Å². The van der Waals surface area contributed by atoms with E-state index in [0.29, 0.717) is 17.8 Å². The first-order valence-corrected chi connectivity index (χ1v) is 8.66. The molecule has 7 heteroatoms. The summed E-state index contributed by atoms with van der Waals surface area (Å²) in [6, 6.07) is 4.43. The van der Waals surface area contributed by atoms with E-state index < -0.39 is 10.0 Å². The third kappa shape index (κ3) is 5.79. The largest absolute Gasteiger partial charge is 0.352 e. The zero-order valence-electron chi connectivity index (χ0n) is 11.6. The quantitative estimate of drug-likeness (QED) is 0.759. The molecule has 0 spiro atoms. The number of rotatable bonds is 7. The van der Waals surface area contributed by atoms with E-state index >= 15 is 0 Å². The maximum absolute atomic E-state index is 11.9. The van der Waals surface area contributed by atoms with E-state index in [1.54, 1.807) is 0 Å². The van der Waals surface area contributed by atoms with Gasteiger partial charge < -0.3 is 5.32 Å². The molecule has 0 saturated carbocycles. The summed E-state index contributed by atoms with van der Waals surface area (Å²) < 4.78 is 24.5. The third-order valence-electron chi connectivity index (χ3n) is 2.58. The number of amides is 1. The van der Waals surface area contributed by atoms with Gasteiger partial charge in [-0.25, -0.2) is 8.42 Å². The molecule has 20 heavy (non-hydrogen) atoms. The number of carbonyl (C=O) groups is 1. The van der Waals surface area contributed by atoms with Crippen LogP contribution in [0.3, 0.4) is 0 Å². The Labute approximate surface area is 124 Å². The molecule has 2 N–H and O–H groups in total. The van der Waals surface area contributed by atoms with Gasteiger partial charge in [0.1, 0.15) is 0 Å². The molecule has 0 radical (unpaired) electrons. The molecule has 0 unspecified atom stereocenters. The van der Waals surface area contributed by atoms with Gasteiger partial charge in [0, 0.05) is 12.2 Å². The van der Waals surface area contributed by atoms with Crippen LogP contribution >= 0.6 is 11.6 Å². The Kier molecular flexibility index (Phi) is 6.29. The van der Waals surface area contributed by atoms with Gasteiger partial charge in [0.15, 0.2) is 0 Å². The average Bonchev–Trinajstić information content (AvgIpc) is 2.32. The number of sulfonamides is 1. The molecule has 0 saturated heterocycles. The third-order valence-corrected chi connectivity index (χ3v) is 3.50. The monoisotopic (exact) mass is 318 g/mol. The van der Waals surface area contributed by atoms with Gasteiger partial charge >= 0.3 is 0 Å². The van der Waals surface area contributed by atoms with Crippen molar-refractivity contribution in [1.29, 1.82) is 0 Å². The van der Waals surface area contributed by atoms with Crippen molar-refractivity contribution in [2.75, 3.05) is 17.5 Å². The van der Waals surface area contributed by atoms with E-state index in [1.165, 1.54) is 18.2 Å². The number of hydrogen-bond donors (Lipinski definition) is 2. The Balaban J connectivity index is 2.70. The standard InChI is InChI=1S/C13H19ClN2O3S/c1-3-4-5-8-15-13(17)11-7-6-10(9-12(11)14)16-20(2,18)19/h6-7,9,16H,3-5,8H2,1-2H3,(H,15,17). The minimum Gasteiger partial charge on any atom is -0.352 e. The molecular formula is C13H19ClN2O3S. The number of halogens is 1. The molecule has 1 aromatic rings. The van der Waals surface area contributed by atoms with Crippen LogP contribution in [0.15, 0.2) is 18.2 Å². The fraction of sp³-hybridized carbons (Fsp3) is 0.462. The summed E-state index contributed by atoms with van der Waals surface area (Å²) in [5.41, 5.74) is 0.669. The van der Waals surface area contributed by atoms with Gasteiger partial charge in [0.25, 0.3) is 5.91 Å². The van der Waals surface area contributed by atoms with Crippen molar-refractivity contribution in [3.05, 3.63) is 28.8 Å². The highest BCUT2D eigenvalue weighted by atomic mass is 35.5. The summed E-state index contributed by atoms with van der Waals surface area (Å²) in [5.74, 6) is -0.253. The zero-order chi connectivity index (χ0) is 15.2. The molecule has 0 aliphatic carbocycles. The Bertz CT molecular complexity index is 573. The minimum absolute atomic E-state index is 0.214. The first-order valence-electron chi connectivity index (χ1n) is 6.39. The lowest BCUT2D eigenvalue weighted by molar-refractivity contribution is 0.0953. The number of hydrogen-bond acceptors (Lipinski definition) is 3. The average molecular weight is 319 g/mol. The van der Waals surface area contributed by atoms with E-state index in [-0.39, 0.29) is 10.9 Å². The van der Waals surface area contributed by atoms with Crippen molar-refractivity contribution < 1.29 is 13.2 Å². The van der Waals surface area contributed by atoms with Crippen molar-refractivity contribution in [1.82, 2.24) is 5.32 Å². The molecule has 1 aromatic carbocycles. The van der Waals surface area contributed by atoms with Crippen LogP contribution in [0.5, 0.6) is 0 Å². The van der Waals surface area contributed by atoms with Crippen LogP contribution in [-0.2, 0) is 10.0 Å². The predicted molar refractivity (Wildman–Crippen MR) is 81.8 cm³/mol. The highest BCUT2D eigenvalue weighted by molar-refractivity contribution is 7.92. The van der Waals surface area contributed by atoms with Gasteiger partial charge in [-0.3, -0.25) is 9.52 Å². The van der Waals surface area contributed by atoms with E-state index in [9.17, 15) is 13.2 Å². The van der Waals surface area contributed by atoms with Gasteiger partial charge in [0.2, 0.25) is 10.0 Å². The van der Waals surface area contributed by atoms with Gasteiger partial charge in [-0.15, -0.1) is 0 Å². The molecule has 5 nitrogen and oxygen atoms in total. The Morgan fingerprint density at radius 3 is 2.55 bits per heavy atom. The van der Waals surface area contributed by atoms with E-state index in [0.717, 1.165) is 25.5 Å². The van der Waals surface area contributed by atoms with Crippen LogP contribution < -0.4 is 10.0 Å². The van der Waals surface area contributed by atoms with Crippen LogP contribution in [0.2, 0.25) is 5.02 Å². The molecule has 0 aliphatic heterocycles. The molecule has 0 aromatic heterocycles. The Morgan fingerprint density at radius 2 is 2.00 bits per heavy atom. The van der Waals surface area contributed by atoms with Crippen molar-refractivity contribution in [3.63, 3.8) is 0 Å². The predicted octanol–water partition coefficient (Wildman–Crippen LogP) is 2.63. The van der Waals surface area contributed by atoms with Crippen molar-refractivity contribution in [3.8, 4) is 0 Å². The lowest BCUT2D eigenvalue weighted by Crippen LogP contribution is -2.24. The van der Waals surface area contributed by atoms with Crippen molar-refractivity contribution in [2.24, 2.45) is 0 Å². The number of benzene rings is 1. The second kappa shape index (κ2) is 7.50. The molecule has 0 aliphatic rings. The minimum atomic E-state index is -3.36. The summed E-state index contributed by atoms with van der Waals surface area (Å²) in [6.45, 7) is 2.69. The van der Waals surface area contributed by atoms with Crippen molar-refractivity contribution in [2.45, 2.75) is 26.2 Å². The van der Waals surface area contributed by atoms with Crippen molar-refractivity contribution >= 4 is 33.2 Å². The van der Waals surface area contributed by atoms with Gasteiger partial charge in [0.05, 0.1) is 16.8 Å². The topological polar surface area (TPSA) is 75.3 Å². The first-order chi connectivity index (χ1) is 9.33. The molecule has 112 valence electrons. The van der Waals surface area contributed by atoms with Gasteiger partial charge in [-0.2, -0.15) is 0 Å². The molecule has 1 rings (SSSR count). The summed E-state index contributed by atoms with van der Waals surface area (Å²) >= 11 is 6.00. The van der Waals surface area contributed by atoms with Crippen LogP contribution in [0.1, 0.15) is 36.5 Å². The molecule has 1 amide bonds. The fourth-order valence-corrected chi connectivity index (χ4v) is 2.47. The highest BCUT2D eigenvalue weighted by Gasteiger charge is 2.11. The Morgan fingerprint density at radius 1 is 1.30 bits per heavy atom. The number of carbonyl (C=O) groups excluding carboxylic acids is 1. The lowest BCUT2D eigenvalue weighted by Gasteiger charge is -2.09. The second-order valence-corrected chi connectivity index (χ2v) is 6.69. The number of unbranched alkanes of at least 4 members (excludes halogenated alkanes) is 2. The highest BCUT2D eigenvalue weighted by Crippen LogP contribution is 2.21. The fourth-order valence-electron chi connectivity index (χ4n) is 1.65. The number of anilines is 1. The molecular weight excluding hydrogens is 300 g/mol. The van der Waals surface area contributed by atoms with Crippen LogP contribution in [0.4, 0.5) is 5.69 Å².